The number of nitrogens with zero attached hydrogens (tertiary/aromatic N) is 2. The number of likely N-dealkylation sites (N-methyl/N-ethyl adjacent to an activating group) is 1. The second-order valence-corrected chi connectivity index (χ2v) is 3.62. The Hall–Kier alpha value is -2.39. The smallest absolute Gasteiger partial charge is 0.312 e. The molecule has 0 radical (unpaired) electrons. The van der Waals surface area contributed by atoms with Gasteiger partial charge in [0.1, 0.15) is 6.61 Å². The second kappa shape index (κ2) is 6.37. The number of benzene rings is 1. The van der Waals surface area contributed by atoms with Gasteiger partial charge < -0.3 is 10.1 Å². The molecule has 1 rings (SSSR count). The lowest BCUT2D eigenvalue weighted by Gasteiger charge is -2.08. The molecule has 0 spiro atoms. The molecule has 6 nitrogen and oxygen atoms in total. The Kier molecular flexibility index (Phi) is 4.84. The average molecular weight is 247 g/mol. The summed E-state index contributed by atoms with van der Waals surface area (Å²) < 4.78 is 5.32. The first-order chi connectivity index (χ1) is 8.58. The van der Waals surface area contributed by atoms with Gasteiger partial charge in [0, 0.05) is 12.6 Å². The lowest BCUT2D eigenvalue weighted by molar-refractivity contribution is -0.385. The maximum atomic E-state index is 10.8. The van der Waals surface area contributed by atoms with E-state index >= 15 is 0 Å². The second-order valence-electron chi connectivity index (χ2n) is 3.62. The first kappa shape index (κ1) is 13.7. The molecule has 94 valence electrons. The van der Waals surface area contributed by atoms with Crippen molar-refractivity contribution >= 4 is 5.69 Å². The summed E-state index contributed by atoms with van der Waals surface area (Å²) in [6.07, 6.45) is 0. The van der Waals surface area contributed by atoms with E-state index in [0.29, 0.717) is 6.54 Å². The van der Waals surface area contributed by atoms with Crippen molar-refractivity contribution in [3.8, 4) is 11.8 Å². The molecule has 0 heterocycles. The summed E-state index contributed by atoms with van der Waals surface area (Å²) in [5, 5.41) is 22.4. The molecule has 0 aliphatic heterocycles. The van der Waals surface area contributed by atoms with Crippen LogP contribution in [-0.4, -0.2) is 25.1 Å². The predicted octanol–water partition coefficient (Wildman–Crippen LogP) is 1.62. The number of nitro groups is 1. The fraction of sp³-hybridized carbons (Fsp3) is 0.250. The third-order valence-electron chi connectivity index (χ3n) is 2.14. The molecule has 1 N–H and O–H groups in total. The number of ether oxygens (including phenoxy) is 1. The van der Waals surface area contributed by atoms with Gasteiger partial charge in [-0.25, -0.2) is 0 Å². The largest absolute Gasteiger partial charge is 0.482 e. The number of nitriles is 1. The van der Waals surface area contributed by atoms with Crippen molar-refractivity contribution in [1.29, 1.82) is 5.26 Å². The Morgan fingerprint density at radius 2 is 2.39 bits per heavy atom. The highest BCUT2D eigenvalue weighted by atomic mass is 16.6. The highest BCUT2D eigenvalue weighted by Crippen LogP contribution is 2.27. The highest BCUT2D eigenvalue weighted by Gasteiger charge is 2.16. The van der Waals surface area contributed by atoms with Gasteiger partial charge in [-0.1, -0.05) is 6.58 Å². The molecule has 0 aliphatic rings. The van der Waals surface area contributed by atoms with Crippen LogP contribution in [0, 0.1) is 21.4 Å². The molecule has 0 bridgehead atoms. The van der Waals surface area contributed by atoms with Crippen LogP contribution in [0.2, 0.25) is 0 Å². The van der Waals surface area contributed by atoms with E-state index in [1.165, 1.54) is 18.2 Å². The van der Waals surface area contributed by atoms with Crippen LogP contribution in [0.15, 0.2) is 30.4 Å². The van der Waals surface area contributed by atoms with Crippen molar-refractivity contribution in [3.63, 3.8) is 0 Å². The molecule has 0 aromatic heterocycles. The first-order valence-electron chi connectivity index (χ1n) is 5.21. The van der Waals surface area contributed by atoms with Crippen LogP contribution in [0.1, 0.15) is 5.56 Å². The highest BCUT2D eigenvalue weighted by molar-refractivity contribution is 5.51. The van der Waals surface area contributed by atoms with Gasteiger partial charge in [0.15, 0.2) is 5.75 Å². The normalized spacial score (nSPS) is 9.56. The molecule has 0 saturated carbocycles. The summed E-state index contributed by atoms with van der Waals surface area (Å²) in [6.45, 7) is 4.52. The predicted molar refractivity (Wildman–Crippen MR) is 66.4 cm³/mol. The molecule has 0 fully saturated rings. The average Bonchev–Trinajstić information content (AvgIpc) is 2.36. The number of hydrogen-bond donors (Lipinski definition) is 1. The molecule has 18 heavy (non-hydrogen) atoms. The van der Waals surface area contributed by atoms with Gasteiger partial charge in [-0.2, -0.15) is 5.26 Å². The summed E-state index contributed by atoms with van der Waals surface area (Å²) in [7, 11) is 1.77. The Balaban J connectivity index is 2.86. The van der Waals surface area contributed by atoms with Gasteiger partial charge in [0.25, 0.3) is 0 Å². The number of nitrogens with one attached hydrogen (secondary N) is 1. The van der Waals surface area contributed by atoms with Gasteiger partial charge in [-0.3, -0.25) is 10.1 Å². The van der Waals surface area contributed by atoms with Crippen LogP contribution >= 0.6 is 0 Å². The Bertz CT molecular complexity index is 506. The van der Waals surface area contributed by atoms with Crippen LogP contribution in [0.3, 0.4) is 0 Å². The molecule has 0 atom stereocenters. The summed E-state index contributed by atoms with van der Waals surface area (Å²) in [6, 6.07) is 5.93. The van der Waals surface area contributed by atoms with Gasteiger partial charge in [-0.05, 0) is 24.8 Å². The number of nitro benzene ring substituents is 1. The minimum absolute atomic E-state index is 0.135. The summed E-state index contributed by atoms with van der Waals surface area (Å²) in [5.74, 6) is 0.135. The topological polar surface area (TPSA) is 88.2 Å². The van der Waals surface area contributed by atoms with Crippen molar-refractivity contribution in [2.45, 2.75) is 0 Å². The molecule has 1 aromatic carbocycles. The maximum Gasteiger partial charge on any atom is 0.312 e. The molecule has 0 unspecified atom stereocenters. The monoisotopic (exact) mass is 247 g/mol. The van der Waals surface area contributed by atoms with E-state index in [1.54, 1.807) is 7.05 Å². The summed E-state index contributed by atoms with van der Waals surface area (Å²) in [4.78, 5) is 10.3. The quantitative estimate of drug-likeness (QED) is 0.469. The van der Waals surface area contributed by atoms with Crippen LogP contribution in [-0.2, 0) is 0 Å². The summed E-state index contributed by atoms with van der Waals surface area (Å²) in [5.41, 5.74) is 0.783. The molecule has 0 saturated heterocycles. The Labute approximate surface area is 105 Å². The standard InChI is InChI=1S/C12H13N3O3/c1-9(7-14-2)8-18-12-4-3-10(6-13)5-11(12)15(16)17/h3-5,14H,1,7-8H2,2H3. The van der Waals surface area contributed by atoms with Crippen molar-refractivity contribution in [2.75, 3.05) is 20.2 Å². The van der Waals surface area contributed by atoms with Crippen molar-refractivity contribution in [2.24, 2.45) is 0 Å². The van der Waals surface area contributed by atoms with Gasteiger partial charge >= 0.3 is 5.69 Å². The Morgan fingerprint density at radius 3 is 2.94 bits per heavy atom. The van der Waals surface area contributed by atoms with Crippen LogP contribution in [0.25, 0.3) is 0 Å². The molecule has 1 aromatic rings. The van der Waals surface area contributed by atoms with E-state index < -0.39 is 4.92 Å². The van der Waals surface area contributed by atoms with Crippen molar-refractivity contribution in [3.05, 3.63) is 46.0 Å². The third kappa shape index (κ3) is 3.57. The van der Waals surface area contributed by atoms with E-state index in [0.717, 1.165) is 5.57 Å². The molecule has 0 amide bonds. The zero-order valence-corrected chi connectivity index (χ0v) is 9.97. The summed E-state index contributed by atoms with van der Waals surface area (Å²) >= 11 is 0. The number of hydrogen-bond acceptors (Lipinski definition) is 5. The minimum Gasteiger partial charge on any atom is -0.482 e. The van der Waals surface area contributed by atoms with Gasteiger partial charge in [-0.15, -0.1) is 0 Å². The SMILES string of the molecule is C=C(CNC)COc1ccc(C#N)cc1[N+](=O)[O-]. The lowest BCUT2D eigenvalue weighted by Crippen LogP contribution is -2.14. The fourth-order valence-electron chi connectivity index (χ4n) is 1.33. The zero-order valence-electron chi connectivity index (χ0n) is 9.97. The van der Waals surface area contributed by atoms with Crippen LogP contribution in [0.5, 0.6) is 5.75 Å². The van der Waals surface area contributed by atoms with Gasteiger partial charge in [0.2, 0.25) is 0 Å². The first-order valence-corrected chi connectivity index (χ1v) is 5.21. The third-order valence-corrected chi connectivity index (χ3v) is 2.14. The van der Waals surface area contributed by atoms with Gasteiger partial charge in [0.05, 0.1) is 16.6 Å². The fourth-order valence-corrected chi connectivity index (χ4v) is 1.33. The van der Waals surface area contributed by atoms with E-state index in [9.17, 15) is 10.1 Å². The zero-order chi connectivity index (χ0) is 13.5. The van der Waals surface area contributed by atoms with Crippen LogP contribution in [0.4, 0.5) is 5.69 Å². The van der Waals surface area contributed by atoms with E-state index in [1.807, 2.05) is 6.07 Å². The van der Waals surface area contributed by atoms with E-state index in [-0.39, 0.29) is 23.6 Å². The minimum atomic E-state index is -0.572. The van der Waals surface area contributed by atoms with Crippen LogP contribution < -0.4 is 10.1 Å². The van der Waals surface area contributed by atoms with E-state index in [2.05, 4.69) is 11.9 Å². The molecular formula is C12H13N3O3. The maximum absolute atomic E-state index is 10.8. The number of rotatable bonds is 6. The molecule has 6 heteroatoms. The Morgan fingerprint density at radius 1 is 1.67 bits per heavy atom. The van der Waals surface area contributed by atoms with Crippen molar-refractivity contribution < 1.29 is 9.66 Å². The van der Waals surface area contributed by atoms with E-state index in [4.69, 9.17) is 10.00 Å². The molecular weight excluding hydrogens is 234 g/mol. The lowest BCUT2D eigenvalue weighted by atomic mass is 10.2. The van der Waals surface area contributed by atoms with Crippen molar-refractivity contribution in [1.82, 2.24) is 5.32 Å². The molecule has 0 aliphatic carbocycles.